The van der Waals surface area contributed by atoms with Crippen LogP contribution in [0.3, 0.4) is 0 Å². The number of hydrogen-bond donors (Lipinski definition) is 0. The van der Waals surface area contributed by atoms with Crippen LogP contribution >= 0.6 is 0 Å². The summed E-state index contributed by atoms with van der Waals surface area (Å²) in [4.78, 5) is 16.2. The van der Waals surface area contributed by atoms with E-state index in [-0.39, 0.29) is 0 Å². The molecule has 76 heavy (non-hydrogen) atoms. The summed E-state index contributed by atoms with van der Waals surface area (Å²) in [6, 6.07) is 93.2. The first-order valence-corrected chi connectivity index (χ1v) is 25.8. The predicted molar refractivity (Wildman–Crippen MR) is 313 cm³/mol. The molecule has 11 aromatic carbocycles. The van der Waals surface area contributed by atoms with Gasteiger partial charge in [0.05, 0.1) is 55.5 Å². The molecule has 0 saturated carbocycles. The molecule has 354 valence electrons. The Kier molecular flexibility index (Phi) is 9.20. The number of para-hydroxylation sites is 8. The normalized spacial score (nSPS) is 11.9. The highest BCUT2D eigenvalue weighted by molar-refractivity contribution is 6.14. The summed E-state index contributed by atoms with van der Waals surface area (Å²) in [5, 5.41) is 9.61. The lowest BCUT2D eigenvalue weighted by Crippen LogP contribution is -2.05. The van der Waals surface area contributed by atoms with Crippen molar-refractivity contribution in [3.8, 4) is 56.9 Å². The Bertz CT molecular complexity index is 4610. The highest BCUT2D eigenvalue weighted by Gasteiger charge is 2.23. The van der Waals surface area contributed by atoms with E-state index < -0.39 is 0 Å². The smallest absolute Gasteiger partial charge is 0.166 e. The lowest BCUT2D eigenvalue weighted by molar-refractivity contribution is 1.06. The van der Waals surface area contributed by atoms with Gasteiger partial charge in [0.2, 0.25) is 0 Å². The van der Waals surface area contributed by atoms with Crippen LogP contribution in [0.15, 0.2) is 261 Å². The molecule has 0 bridgehead atoms. The van der Waals surface area contributed by atoms with E-state index in [0.717, 1.165) is 72.3 Å². The maximum atomic E-state index is 5.52. The van der Waals surface area contributed by atoms with E-state index >= 15 is 0 Å². The van der Waals surface area contributed by atoms with Crippen LogP contribution in [0.1, 0.15) is 0 Å². The van der Waals surface area contributed by atoms with E-state index in [0.29, 0.717) is 17.5 Å². The molecular formula is C69H43N7. The summed E-state index contributed by atoms with van der Waals surface area (Å²) in [6.45, 7) is 0. The zero-order chi connectivity index (χ0) is 49.8. The monoisotopic (exact) mass is 969 g/mol. The summed E-state index contributed by atoms with van der Waals surface area (Å²) in [5.74, 6) is 1.77. The van der Waals surface area contributed by atoms with Crippen molar-refractivity contribution >= 4 is 87.2 Å². The van der Waals surface area contributed by atoms with Gasteiger partial charge in [-0.1, -0.05) is 164 Å². The second kappa shape index (κ2) is 16.6. The van der Waals surface area contributed by atoms with Crippen LogP contribution in [-0.4, -0.2) is 33.2 Å². The topological polar surface area (TPSA) is 58.4 Å². The number of nitrogens with zero attached hydrogens (tertiary/aromatic N) is 7. The molecule has 0 fully saturated rings. The zero-order valence-corrected chi connectivity index (χ0v) is 41.0. The van der Waals surface area contributed by atoms with Crippen LogP contribution in [0.5, 0.6) is 0 Å². The minimum absolute atomic E-state index is 0.583. The van der Waals surface area contributed by atoms with Gasteiger partial charge in [0, 0.05) is 71.2 Å². The quantitative estimate of drug-likeness (QED) is 0.160. The van der Waals surface area contributed by atoms with Crippen molar-refractivity contribution in [3.63, 3.8) is 0 Å². The van der Waals surface area contributed by atoms with E-state index in [1.54, 1.807) is 0 Å². The van der Waals surface area contributed by atoms with Gasteiger partial charge in [-0.15, -0.1) is 0 Å². The number of aromatic nitrogens is 7. The molecule has 0 spiro atoms. The van der Waals surface area contributed by atoms with Crippen molar-refractivity contribution in [2.75, 3.05) is 0 Å². The van der Waals surface area contributed by atoms with Crippen LogP contribution in [0, 0.1) is 0 Å². The van der Waals surface area contributed by atoms with Crippen LogP contribution < -0.4 is 0 Å². The zero-order valence-electron chi connectivity index (χ0n) is 41.0. The molecule has 0 aliphatic rings. The standard InChI is InChI=1S/C69H43N7/c1-2-20-44(21-3-1)67-70-68(53-28-10-18-36-63(53)75-61-34-16-8-26-51(61)55-42-45(38-40-65(55)75)73-57-30-12-4-22-47(57)48-23-5-13-31-58(48)73)72-69(71-67)54-29-11-19-37-64(54)76-62-35-17-9-27-52(62)56-43-46(39-41-66(56)76)74-59-32-14-6-24-49(59)50-25-7-15-33-60(50)74/h1-43H. The van der Waals surface area contributed by atoms with Gasteiger partial charge in [-0.05, 0) is 97.1 Å². The highest BCUT2D eigenvalue weighted by atomic mass is 15.1. The third-order valence-corrected chi connectivity index (χ3v) is 15.4. The molecule has 0 N–H and O–H groups in total. The third kappa shape index (κ3) is 6.26. The molecule has 5 heterocycles. The fourth-order valence-electron chi connectivity index (χ4n) is 12.2. The molecule has 7 nitrogen and oxygen atoms in total. The lowest BCUT2D eigenvalue weighted by atomic mass is 10.1. The number of benzene rings is 11. The Labute approximate surface area is 436 Å². The maximum absolute atomic E-state index is 5.52. The predicted octanol–water partition coefficient (Wildman–Crippen LogP) is 17.3. The molecule has 0 radical (unpaired) electrons. The minimum atomic E-state index is 0.583. The Balaban J connectivity index is 0.887. The Morgan fingerprint density at radius 1 is 0.211 bits per heavy atom. The van der Waals surface area contributed by atoms with Crippen molar-refractivity contribution in [1.29, 1.82) is 0 Å². The second-order valence-electron chi connectivity index (χ2n) is 19.6. The SMILES string of the molecule is c1ccc(-c2nc(-c3ccccc3-n3c4ccccc4c4cc(-n5c6ccccc6c6ccccc65)ccc43)nc(-c3ccccc3-n3c4ccccc4c4cc(-n5c6ccccc6c6ccccc65)ccc43)n2)cc1. The highest BCUT2D eigenvalue weighted by Crippen LogP contribution is 2.42. The van der Waals surface area contributed by atoms with Gasteiger partial charge in [0.1, 0.15) is 0 Å². The fraction of sp³-hybridized carbons (Fsp3) is 0. The molecule has 0 atom stereocenters. The van der Waals surface area contributed by atoms with Crippen molar-refractivity contribution in [2.45, 2.75) is 0 Å². The molecule has 16 aromatic rings. The third-order valence-electron chi connectivity index (χ3n) is 15.4. The summed E-state index contributed by atoms with van der Waals surface area (Å²) >= 11 is 0. The Morgan fingerprint density at radius 2 is 0.500 bits per heavy atom. The molecule has 0 aliphatic heterocycles. The van der Waals surface area contributed by atoms with Crippen molar-refractivity contribution in [1.82, 2.24) is 33.2 Å². The first-order valence-electron chi connectivity index (χ1n) is 25.8. The van der Waals surface area contributed by atoms with Gasteiger partial charge in [-0.2, -0.15) is 0 Å². The van der Waals surface area contributed by atoms with E-state index in [4.69, 9.17) is 15.0 Å². The van der Waals surface area contributed by atoms with Crippen LogP contribution in [0.25, 0.3) is 144 Å². The minimum Gasteiger partial charge on any atom is -0.309 e. The van der Waals surface area contributed by atoms with Crippen LogP contribution in [0.4, 0.5) is 0 Å². The summed E-state index contributed by atoms with van der Waals surface area (Å²) in [6.07, 6.45) is 0. The molecular weight excluding hydrogens is 927 g/mol. The molecule has 0 unspecified atom stereocenters. The van der Waals surface area contributed by atoms with Gasteiger partial charge >= 0.3 is 0 Å². The van der Waals surface area contributed by atoms with Crippen LogP contribution in [0.2, 0.25) is 0 Å². The Morgan fingerprint density at radius 3 is 0.895 bits per heavy atom. The van der Waals surface area contributed by atoms with Crippen LogP contribution in [-0.2, 0) is 0 Å². The second-order valence-corrected chi connectivity index (χ2v) is 19.6. The number of hydrogen-bond acceptors (Lipinski definition) is 3. The van der Waals surface area contributed by atoms with Gasteiger partial charge in [0.15, 0.2) is 17.5 Å². The molecule has 5 aromatic heterocycles. The lowest BCUT2D eigenvalue weighted by Gasteiger charge is -2.16. The fourth-order valence-corrected chi connectivity index (χ4v) is 12.2. The van der Waals surface area contributed by atoms with Crippen molar-refractivity contribution in [2.24, 2.45) is 0 Å². The largest absolute Gasteiger partial charge is 0.309 e. The first-order chi connectivity index (χ1) is 37.7. The number of fused-ring (bicyclic) bond motifs is 12. The maximum Gasteiger partial charge on any atom is 0.166 e. The van der Waals surface area contributed by atoms with Gasteiger partial charge in [-0.25, -0.2) is 15.0 Å². The van der Waals surface area contributed by atoms with Gasteiger partial charge in [0.25, 0.3) is 0 Å². The van der Waals surface area contributed by atoms with E-state index in [2.05, 4.69) is 261 Å². The first kappa shape index (κ1) is 42.2. The van der Waals surface area contributed by atoms with Gasteiger partial charge in [-0.3, -0.25) is 0 Å². The molecule has 0 aliphatic carbocycles. The average Bonchev–Trinajstić information content (AvgIpc) is 4.27. The summed E-state index contributed by atoms with van der Waals surface area (Å²) < 4.78 is 9.54. The molecule has 0 amide bonds. The van der Waals surface area contributed by atoms with E-state index in [1.807, 2.05) is 18.2 Å². The van der Waals surface area contributed by atoms with Crippen molar-refractivity contribution in [3.05, 3.63) is 261 Å². The number of rotatable bonds is 7. The van der Waals surface area contributed by atoms with Gasteiger partial charge < -0.3 is 18.3 Å². The summed E-state index contributed by atoms with van der Waals surface area (Å²) in [7, 11) is 0. The Hall–Kier alpha value is -10.4. The van der Waals surface area contributed by atoms with E-state index in [9.17, 15) is 0 Å². The van der Waals surface area contributed by atoms with Crippen molar-refractivity contribution < 1.29 is 0 Å². The molecule has 7 heteroatoms. The molecule has 16 rings (SSSR count). The molecule has 0 saturated heterocycles. The average molecular weight is 970 g/mol. The summed E-state index contributed by atoms with van der Waals surface area (Å²) in [5.41, 5.74) is 16.0. The van der Waals surface area contributed by atoms with E-state index in [1.165, 1.54) is 54.4 Å².